The van der Waals surface area contributed by atoms with Crippen molar-refractivity contribution in [3.8, 4) is 0 Å². The summed E-state index contributed by atoms with van der Waals surface area (Å²) in [5, 5.41) is 8.14. The van der Waals surface area contributed by atoms with Gasteiger partial charge in [-0.05, 0) is 61.9 Å². The topological polar surface area (TPSA) is 50.2 Å². The lowest BCUT2D eigenvalue weighted by Gasteiger charge is -2.38. The maximum Gasteiger partial charge on any atom is 0.416 e. The quantitative estimate of drug-likeness (QED) is 0.449. The Kier molecular flexibility index (Phi) is 5.04. The lowest BCUT2D eigenvalue weighted by atomic mass is 9.89. The van der Waals surface area contributed by atoms with Gasteiger partial charge in [-0.3, -0.25) is 4.79 Å². The number of anilines is 1. The molecule has 0 radical (unpaired) electrons. The Morgan fingerprint density at radius 3 is 2.61 bits per heavy atom. The zero-order chi connectivity index (χ0) is 25.5. The standard InChI is InChI=1S/C27H26ClF3N4O/c1-25(2)12-22(16-6-4-3-5-7-16)33-23-21(13-32-35(23)25)24(36)34-14-19-11-26(19,15-34)17-8-18(27(29,30)31)10-20(28)9-17/h3-10,13,19,22,33H,11-12,14-15H2,1-2H3/t19?,22-,26?/m1/s1. The first-order valence-corrected chi connectivity index (χ1v) is 12.4. The van der Waals surface area contributed by atoms with E-state index in [9.17, 15) is 18.0 Å². The van der Waals surface area contributed by atoms with Crippen molar-refractivity contribution in [2.75, 3.05) is 18.4 Å². The van der Waals surface area contributed by atoms with Crippen molar-refractivity contribution in [1.29, 1.82) is 0 Å². The van der Waals surface area contributed by atoms with Crippen molar-refractivity contribution >= 4 is 23.3 Å². The molecule has 6 rings (SSSR count). The van der Waals surface area contributed by atoms with Gasteiger partial charge in [0.05, 0.1) is 23.3 Å². The summed E-state index contributed by atoms with van der Waals surface area (Å²) in [5.74, 6) is 0.647. The van der Waals surface area contributed by atoms with Gasteiger partial charge in [0.1, 0.15) is 11.4 Å². The second-order valence-electron chi connectivity index (χ2n) is 10.9. The average molecular weight is 515 g/mol. The Labute approximate surface area is 212 Å². The zero-order valence-electron chi connectivity index (χ0n) is 19.9. The van der Waals surface area contributed by atoms with Crippen molar-refractivity contribution in [3.05, 3.63) is 82.0 Å². The van der Waals surface area contributed by atoms with Crippen LogP contribution in [0.5, 0.6) is 0 Å². The normalized spacial score (nSPS) is 26.2. The minimum atomic E-state index is -4.47. The number of amides is 1. The minimum Gasteiger partial charge on any atom is -0.363 e. The van der Waals surface area contributed by atoms with Crippen LogP contribution in [0, 0.1) is 5.92 Å². The lowest BCUT2D eigenvalue weighted by molar-refractivity contribution is -0.137. The largest absolute Gasteiger partial charge is 0.416 e. The van der Waals surface area contributed by atoms with Crippen LogP contribution in [0.1, 0.15) is 59.8 Å². The molecule has 2 aromatic carbocycles. The van der Waals surface area contributed by atoms with Gasteiger partial charge in [0.2, 0.25) is 0 Å². The molecule has 0 spiro atoms. The number of hydrogen-bond acceptors (Lipinski definition) is 3. The van der Waals surface area contributed by atoms with E-state index in [2.05, 4.69) is 36.4 Å². The monoisotopic (exact) mass is 514 g/mol. The van der Waals surface area contributed by atoms with E-state index in [4.69, 9.17) is 11.6 Å². The molecule has 9 heteroatoms. The summed E-state index contributed by atoms with van der Waals surface area (Å²) in [4.78, 5) is 15.4. The number of aromatic nitrogens is 2. The Morgan fingerprint density at radius 1 is 1.14 bits per heavy atom. The fourth-order valence-electron chi connectivity index (χ4n) is 6.09. The van der Waals surface area contributed by atoms with Crippen molar-refractivity contribution < 1.29 is 18.0 Å². The number of rotatable bonds is 3. The van der Waals surface area contributed by atoms with Crippen LogP contribution in [-0.4, -0.2) is 33.7 Å². The Hall–Kier alpha value is -3.00. The van der Waals surface area contributed by atoms with Crippen LogP contribution in [0.2, 0.25) is 5.02 Å². The number of halogens is 4. The molecule has 1 amide bonds. The van der Waals surface area contributed by atoms with Gasteiger partial charge in [-0.25, -0.2) is 4.68 Å². The van der Waals surface area contributed by atoms with E-state index in [1.165, 1.54) is 6.07 Å². The summed E-state index contributed by atoms with van der Waals surface area (Å²) in [5.41, 5.74) is 0.652. The summed E-state index contributed by atoms with van der Waals surface area (Å²) in [6.45, 7) is 5.07. The summed E-state index contributed by atoms with van der Waals surface area (Å²) in [6.07, 6.45) is -1.30. The Balaban J connectivity index is 1.28. The first-order valence-electron chi connectivity index (χ1n) is 12.1. The molecule has 3 atom stereocenters. The highest BCUT2D eigenvalue weighted by atomic mass is 35.5. The molecular formula is C27H26ClF3N4O. The first kappa shape index (κ1) is 23.4. The molecule has 2 aliphatic heterocycles. The number of carbonyl (C=O) groups is 1. The van der Waals surface area contributed by atoms with Gasteiger partial charge in [0, 0.05) is 23.5 Å². The van der Waals surface area contributed by atoms with Gasteiger partial charge in [-0.2, -0.15) is 18.3 Å². The average Bonchev–Trinajstić information content (AvgIpc) is 3.16. The number of nitrogens with one attached hydrogen (secondary N) is 1. The van der Waals surface area contributed by atoms with Gasteiger partial charge in [0.15, 0.2) is 0 Å². The number of alkyl halides is 3. The molecule has 5 nitrogen and oxygen atoms in total. The van der Waals surface area contributed by atoms with E-state index >= 15 is 0 Å². The summed E-state index contributed by atoms with van der Waals surface area (Å²) in [7, 11) is 0. The highest BCUT2D eigenvalue weighted by Gasteiger charge is 2.62. The van der Waals surface area contributed by atoms with E-state index in [0.29, 0.717) is 30.0 Å². The second-order valence-corrected chi connectivity index (χ2v) is 11.3. The number of benzene rings is 2. The predicted octanol–water partition coefficient (Wildman–Crippen LogP) is 6.26. The molecule has 3 heterocycles. The molecule has 1 saturated carbocycles. The molecule has 0 bridgehead atoms. The third-order valence-electron chi connectivity index (χ3n) is 8.02. The SMILES string of the molecule is CC1(C)C[C@H](c2ccccc2)Nc2c(C(=O)N3CC4CC4(c4cc(Cl)cc(C(F)(F)F)c4)C3)cnn21. The van der Waals surface area contributed by atoms with Crippen LogP contribution >= 0.6 is 11.6 Å². The molecule has 1 aliphatic carbocycles. The highest BCUT2D eigenvalue weighted by Crippen LogP contribution is 2.60. The lowest BCUT2D eigenvalue weighted by Crippen LogP contribution is -2.39. The fourth-order valence-corrected chi connectivity index (χ4v) is 6.32. The zero-order valence-corrected chi connectivity index (χ0v) is 20.7. The van der Waals surface area contributed by atoms with Gasteiger partial charge >= 0.3 is 6.18 Å². The molecule has 1 aromatic heterocycles. The number of fused-ring (bicyclic) bond motifs is 2. The molecule has 188 valence electrons. The van der Waals surface area contributed by atoms with E-state index in [1.54, 1.807) is 17.2 Å². The molecule has 1 saturated heterocycles. The number of likely N-dealkylation sites (tertiary alicyclic amines) is 1. The fraction of sp³-hybridized carbons (Fsp3) is 0.407. The van der Waals surface area contributed by atoms with Gasteiger partial charge in [-0.1, -0.05) is 41.9 Å². The third kappa shape index (κ3) is 3.69. The van der Waals surface area contributed by atoms with Crippen molar-refractivity contribution in [2.24, 2.45) is 5.92 Å². The van der Waals surface area contributed by atoms with Crippen LogP contribution in [0.15, 0.2) is 54.7 Å². The van der Waals surface area contributed by atoms with Crippen LogP contribution in [0.3, 0.4) is 0 Å². The van der Waals surface area contributed by atoms with Crippen LogP contribution < -0.4 is 5.32 Å². The van der Waals surface area contributed by atoms with Crippen molar-refractivity contribution in [2.45, 2.75) is 49.9 Å². The maximum absolute atomic E-state index is 13.7. The molecule has 3 aromatic rings. The molecule has 2 fully saturated rings. The number of nitrogens with zero attached hydrogens (tertiary/aromatic N) is 3. The number of carbonyl (C=O) groups excluding carboxylic acids is 1. The van der Waals surface area contributed by atoms with Crippen LogP contribution in [0.4, 0.5) is 19.0 Å². The van der Waals surface area contributed by atoms with Gasteiger partial charge in [-0.15, -0.1) is 0 Å². The van der Waals surface area contributed by atoms with Gasteiger partial charge < -0.3 is 10.2 Å². The smallest absolute Gasteiger partial charge is 0.363 e. The van der Waals surface area contributed by atoms with E-state index in [-0.39, 0.29) is 28.4 Å². The molecule has 36 heavy (non-hydrogen) atoms. The third-order valence-corrected chi connectivity index (χ3v) is 8.24. The molecule has 1 N–H and O–H groups in total. The van der Waals surface area contributed by atoms with Crippen LogP contribution in [-0.2, 0) is 17.1 Å². The molecule has 2 unspecified atom stereocenters. The Bertz CT molecular complexity index is 1350. The van der Waals surface area contributed by atoms with Crippen LogP contribution in [0.25, 0.3) is 0 Å². The summed E-state index contributed by atoms with van der Waals surface area (Å²) < 4.78 is 42.1. The first-order chi connectivity index (χ1) is 17.0. The van der Waals surface area contributed by atoms with Gasteiger partial charge in [0.25, 0.3) is 5.91 Å². The summed E-state index contributed by atoms with van der Waals surface area (Å²) in [6, 6.07) is 13.9. The summed E-state index contributed by atoms with van der Waals surface area (Å²) >= 11 is 6.07. The van der Waals surface area contributed by atoms with Crippen molar-refractivity contribution in [3.63, 3.8) is 0 Å². The predicted molar refractivity (Wildman–Crippen MR) is 131 cm³/mol. The van der Waals surface area contributed by atoms with Crippen molar-refractivity contribution in [1.82, 2.24) is 14.7 Å². The molecular weight excluding hydrogens is 489 g/mol. The Morgan fingerprint density at radius 2 is 1.89 bits per heavy atom. The minimum absolute atomic E-state index is 0.0301. The number of hydrogen-bond donors (Lipinski definition) is 1. The van der Waals surface area contributed by atoms with E-state index in [0.717, 1.165) is 24.5 Å². The molecule has 3 aliphatic rings. The second kappa shape index (κ2) is 7.75. The number of piperidine rings is 1. The van der Waals surface area contributed by atoms with E-state index < -0.39 is 17.2 Å². The highest BCUT2D eigenvalue weighted by molar-refractivity contribution is 6.30. The van der Waals surface area contributed by atoms with E-state index in [1.807, 2.05) is 22.9 Å². The maximum atomic E-state index is 13.7.